The number of nitrogens with one attached hydrogen (secondary N) is 1. The molecule has 2 aromatic rings. The zero-order chi connectivity index (χ0) is 20.9. The quantitative estimate of drug-likeness (QED) is 0.611. The Hall–Kier alpha value is -1.90. The molecule has 0 aliphatic heterocycles. The number of amides is 1. The highest BCUT2D eigenvalue weighted by atomic mass is 35.5. The van der Waals surface area contributed by atoms with Gasteiger partial charge in [0.25, 0.3) is 0 Å². The van der Waals surface area contributed by atoms with Crippen molar-refractivity contribution in [2.75, 3.05) is 17.7 Å². The summed E-state index contributed by atoms with van der Waals surface area (Å²) in [6, 6.07) is 5.92. The molecule has 0 unspecified atom stereocenters. The Kier molecular flexibility index (Phi) is 7.63. The number of halogens is 1. The monoisotopic (exact) mass is 443 g/mol. The lowest BCUT2D eigenvalue weighted by atomic mass is 10.1. The fourth-order valence-corrected chi connectivity index (χ4v) is 5.04. The van der Waals surface area contributed by atoms with E-state index in [1.54, 1.807) is 13.8 Å². The highest BCUT2D eigenvalue weighted by molar-refractivity contribution is 7.91. The Morgan fingerprint density at radius 3 is 2.43 bits per heavy atom. The van der Waals surface area contributed by atoms with Gasteiger partial charge in [0.2, 0.25) is 5.91 Å². The molecule has 1 aromatic carbocycles. The first kappa shape index (κ1) is 22.4. The number of carbonyl (C=O) groups excluding carboxylic acids is 2. The van der Waals surface area contributed by atoms with E-state index < -0.39 is 15.8 Å². The molecule has 152 valence electrons. The van der Waals surface area contributed by atoms with E-state index in [1.807, 2.05) is 6.92 Å². The fourth-order valence-electron chi connectivity index (χ4n) is 2.54. The molecule has 1 heterocycles. The number of benzene rings is 1. The normalized spacial score (nSPS) is 11.3. The first-order chi connectivity index (χ1) is 13.2. The average molecular weight is 444 g/mol. The van der Waals surface area contributed by atoms with E-state index in [4.69, 9.17) is 16.3 Å². The minimum atomic E-state index is -3.49. The standard InChI is InChI=1S/C19H22ClNO5S2/c1-4-26-19(23)17-12(2)13(3)27-18(17)21-16(22)6-5-11-28(24,25)15-9-7-14(20)8-10-15/h7-10H,4-6,11H2,1-3H3,(H,21,22). The Morgan fingerprint density at radius 1 is 1.18 bits per heavy atom. The van der Waals surface area contributed by atoms with E-state index >= 15 is 0 Å². The zero-order valence-corrected chi connectivity index (χ0v) is 18.3. The topological polar surface area (TPSA) is 89.5 Å². The van der Waals surface area contributed by atoms with Gasteiger partial charge >= 0.3 is 5.97 Å². The van der Waals surface area contributed by atoms with Crippen molar-refractivity contribution in [1.29, 1.82) is 0 Å². The summed E-state index contributed by atoms with van der Waals surface area (Å²) in [5.74, 6) is -0.988. The maximum Gasteiger partial charge on any atom is 0.341 e. The van der Waals surface area contributed by atoms with Gasteiger partial charge in [-0.15, -0.1) is 11.3 Å². The largest absolute Gasteiger partial charge is 0.462 e. The molecule has 0 saturated heterocycles. The average Bonchev–Trinajstić information content (AvgIpc) is 2.89. The molecular weight excluding hydrogens is 422 g/mol. The van der Waals surface area contributed by atoms with Gasteiger partial charge in [0.15, 0.2) is 9.84 Å². The molecule has 0 bridgehead atoms. The predicted octanol–water partition coefficient (Wildman–Crippen LogP) is 4.39. The van der Waals surface area contributed by atoms with E-state index in [9.17, 15) is 18.0 Å². The summed E-state index contributed by atoms with van der Waals surface area (Å²) in [5.41, 5.74) is 1.12. The minimum absolute atomic E-state index is 0.0189. The van der Waals surface area contributed by atoms with Gasteiger partial charge < -0.3 is 10.1 Å². The maximum absolute atomic E-state index is 12.3. The maximum atomic E-state index is 12.3. The summed E-state index contributed by atoms with van der Waals surface area (Å²) in [6.07, 6.45) is 0.181. The first-order valence-electron chi connectivity index (χ1n) is 8.71. The van der Waals surface area contributed by atoms with Gasteiger partial charge in [-0.3, -0.25) is 4.79 Å². The number of anilines is 1. The Morgan fingerprint density at radius 2 is 1.82 bits per heavy atom. The van der Waals surface area contributed by atoms with Gasteiger partial charge in [0, 0.05) is 16.3 Å². The van der Waals surface area contributed by atoms with Gasteiger partial charge in [-0.1, -0.05) is 11.6 Å². The van der Waals surface area contributed by atoms with Crippen LogP contribution in [-0.2, 0) is 19.4 Å². The lowest BCUT2D eigenvalue weighted by Gasteiger charge is -2.08. The molecular formula is C19H22ClNO5S2. The Balaban J connectivity index is 1.99. The number of hydrogen-bond donors (Lipinski definition) is 1. The number of ether oxygens (including phenoxy) is 1. The molecule has 28 heavy (non-hydrogen) atoms. The summed E-state index contributed by atoms with van der Waals surface area (Å²) in [4.78, 5) is 25.5. The van der Waals surface area contributed by atoms with Crippen LogP contribution < -0.4 is 5.32 Å². The van der Waals surface area contributed by atoms with Crippen molar-refractivity contribution in [2.24, 2.45) is 0 Å². The van der Waals surface area contributed by atoms with Crippen LogP contribution in [0, 0.1) is 13.8 Å². The van der Waals surface area contributed by atoms with E-state index in [1.165, 1.54) is 35.6 Å². The second kappa shape index (κ2) is 9.54. The first-order valence-corrected chi connectivity index (χ1v) is 11.6. The van der Waals surface area contributed by atoms with Crippen LogP contribution in [0.15, 0.2) is 29.2 Å². The number of rotatable bonds is 8. The summed E-state index contributed by atoms with van der Waals surface area (Å²) >= 11 is 7.07. The van der Waals surface area contributed by atoms with Crippen LogP contribution in [-0.4, -0.2) is 32.7 Å². The van der Waals surface area contributed by atoms with Crippen molar-refractivity contribution in [2.45, 2.75) is 38.5 Å². The third-order valence-corrected chi connectivity index (χ3v) is 7.30. The van der Waals surface area contributed by atoms with E-state index in [2.05, 4.69) is 5.32 Å². The third-order valence-electron chi connectivity index (χ3n) is 4.11. The molecule has 0 aliphatic carbocycles. The molecule has 0 saturated carbocycles. The SMILES string of the molecule is CCOC(=O)c1c(NC(=O)CCCS(=O)(=O)c2ccc(Cl)cc2)sc(C)c1C. The zero-order valence-electron chi connectivity index (χ0n) is 15.9. The summed E-state index contributed by atoms with van der Waals surface area (Å²) in [7, 11) is -3.49. The molecule has 0 aliphatic rings. The van der Waals surface area contributed by atoms with Gasteiger partial charge in [0.05, 0.1) is 22.8 Å². The van der Waals surface area contributed by atoms with Gasteiger partial charge in [-0.2, -0.15) is 0 Å². The second-order valence-corrected chi connectivity index (χ2v) is 9.90. The van der Waals surface area contributed by atoms with Crippen LogP contribution in [0.1, 0.15) is 40.6 Å². The van der Waals surface area contributed by atoms with Gasteiger partial charge in [-0.25, -0.2) is 13.2 Å². The van der Waals surface area contributed by atoms with Crippen LogP contribution in [0.4, 0.5) is 5.00 Å². The lowest BCUT2D eigenvalue weighted by molar-refractivity contribution is -0.116. The summed E-state index contributed by atoms with van der Waals surface area (Å²) in [5, 5.41) is 3.60. The van der Waals surface area contributed by atoms with Crippen molar-refractivity contribution >= 4 is 49.7 Å². The second-order valence-electron chi connectivity index (χ2n) is 6.13. The predicted molar refractivity (Wildman–Crippen MR) is 111 cm³/mol. The van der Waals surface area contributed by atoms with Gasteiger partial charge in [0.1, 0.15) is 5.00 Å². The molecule has 1 amide bonds. The minimum Gasteiger partial charge on any atom is -0.462 e. The molecule has 1 aromatic heterocycles. The molecule has 1 N–H and O–H groups in total. The number of aryl methyl sites for hydroxylation is 1. The number of hydrogen-bond acceptors (Lipinski definition) is 6. The van der Waals surface area contributed by atoms with Crippen LogP contribution in [0.5, 0.6) is 0 Å². The number of carbonyl (C=O) groups is 2. The van der Waals surface area contributed by atoms with Crippen molar-refractivity contribution in [3.63, 3.8) is 0 Å². The molecule has 0 spiro atoms. The highest BCUT2D eigenvalue weighted by Crippen LogP contribution is 2.33. The fraction of sp³-hybridized carbons (Fsp3) is 0.368. The van der Waals surface area contributed by atoms with Crippen LogP contribution in [0.2, 0.25) is 5.02 Å². The van der Waals surface area contributed by atoms with Crippen molar-refractivity contribution in [3.05, 3.63) is 45.3 Å². The van der Waals surface area contributed by atoms with Crippen LogP contribution in [0.25, 0.3) is 0 Å². The van der Waals surface area contributed by atoms with E-state index in [0.29, 0.717) is 15.6 Å². The van der Waals surface area contributed by atoms with E-state index in [0.717, 1.165) is 10.4 Å². The van der Waals surface area contributed by atoms with Crippen molar-refractivity contribution in [1.82, 2.24) is 0 Å². The van der Waals surface area contributed by atoms with Crippen molar-refractivity contribution in [3.8, 4) is 0 Å². The van der Waals surface area contributed by atoms with Gasteiger partial charge in [-0.05, 0) is 57.0 Å². The third kappa shape index (κ3) is 5.56. The van der Waals surface area contributed by atoms with Crippen LogP contribution in [0.3, 0.4) is 0 Å². The Bertz CT molecular complexity index is 965. The summed E-state index contributed by atoms with van der Waals surface area (Å²) in [6.45, 7) is 5.61. The van der Waals surface area contributed by atoms with Crippen molar-refractivity contribution < 1.29 is 22.7 Å². The molecule has 0 radical (unpaired) electrons. The number of thiophene rings is 1. The Labute approximate surface area is 173 Å². The molecule has 9 heteroatoms. The molecule has 0 atom stereocenters. The number of esters is 1. The number of sulfone groups is 1. The summed E-state index contributed by atoms with van der Waals surface area (Å²) < 4.78 is 29.7. The molecule has 0 fully saturated rings. The van der Waals surface area contributed by atoms with E-state index in [-0.39, 0.29) is 36.0 Å². The lowest BCUT2D eigenvalue weighted by Crippen LogP contribution is -2.16. The van der Waals surface area contributed by atoms with Crippen LogP contribution >= 0.6 is 22.9 Å². The highest BCUT2D eigenvalue weighted by Gasteiger charge is 2.22. The smallest absolute Gasteiger partial charge is 0.341 e. The molecule has 2 rings (SSSR count). The molecule has 6 nitrogen and oxygen atoms in total.